The number of aromatic nitrogens is 8. The van der Waals surface area contributed by atoms with Crippen LogP contribution in [0.15, 0.2) is 34.9 Å². The van der Waals surface area contributed by atoms with Crippen molar-refractivity contribution in [3.63, 3.8) is 0 Å². The molecule has 5 rings (SSSR count). The Labute approximate surface area is 278 Å². The SMILES string of the molecule is CCc1c(C#N)c(N=Nc2c(NC(C)COC)nc(Nc3c(C)cc(C)cc3C)nc2NC(C)COC)[nH][n+]1-c1nc2ncncc2[nH]1. The van der Waals surface area contributed by atoms with Gasteiger partial charge in [0, 0.05) is 38.4 Å². The van der Waals surface area contributed by atoms with Crippen molar-refractivity contribution in [2.24, 2.45) is 10.2 Å². The summed E-state index contributed by atoms with van der Waals surface area (Å²) in [7, 11) is 3.27. The van der Waals surface area contributed by atoms with E-state index in [0.29, 0.717) is 71.3 Å². The molecule has 0 aliphatic heterocycles. The van der Waals surface area contributed by atoms with Crippen molar-refractivity contribution in [3.05, 3.63) is 52.6 Å². The maximum atomic E-state index is 10.2. The number of anilines is 4. The largest absolute Gasteiger partial charge is 0.421 e. The highest BCUT2D eigenvalue weighted by Crippen LogP contribution is 2.36. The molecule has 250 valence electrons. The number of imidazole rings is 1. The molecule has 0 fully saturated rings. The topological polar surface area (TPSA) is 203 Å². The van der Waals surface area contributed by atoms with Gasteiger partial charge in [-0.3, -0.25) is 0 Å². The summed E-state index contributed by atoms with van der Waals surface area (Å²) in [4.78, 5) is 25.7. The first-order valence-electron chi connectivity index (χ1n) is 15.6. The molecule has 48 heavy (non-hydrogen) atoms. The number of aromatic amines is 2. The zero-order chi connectivity index (χ0) is 34.4. The molecule has 0 spiro atoms. The molecule has 0 saturated carbocycles. The Kier molecular flexibility index (Phi) is 10.5. The van der Waals surface area contributed by atoms with Gasteiger partial charge in [0.1, 0.15) is 23.7 Å². The lowest BCUT2D eigenvalue weighted by Gasteiger charge is -2.21. The number of H-pyrrole nitrogens is 2. The van der Waals surface area contributed by atoms with E-state index >= 15 is 0 Å². The molecule has 5 N–H and O–H groups in total. The van der Waals surface area contributed by atoms with E-state index in [9.17, 15) is 5.26 Å². The van der Waals surface area contributed by atoms with Gasteiger partial charge in [0.2, 0.25) is 5.95 Å². The molecule has 5 aromatic rings. The third-order valence-corrected chi connectivity index (χ3v) is 7.47. The van der Waals surface area contributed by atoms with Crippen LogP contribution in [0.1, 0.15) is 48.7 Å². The van der Waals surface area contributed by atoms with E-state index in [1.165, 1.54) is 11.9 Å². The smallest absolute Gasteiger partial charge is 0.383 e. The van der Waals surface area contributed by atoms with Crippen LogP contribution in [0.5, 0.6) is 0 Å². The molecule has 4 aromatic heterocycles. The van der Waals surface area contributed by atoms with Crippen LogP contribution in [0.2, 0.25) is 0 Å². The normalized spacial score (nSPS) is 12.7. The number of nitriles is 1. The third-order valence-electron chi connectivity index (χ3n) is 7.47. The minimum atomic E-state index is -0.135. The molecule has 16 heteroatoms. The van der Waals surface area contributed by atoms with Gasteiger partial charge in [-0.05, 0) is 50.7 Å². The first kappa shape index (κ1) is 33.8. The zero-order valence-electron chi connectivity index (χ0n) is 28.4. The molecule has 0 amide bonds. The van der Waals surface area contributed by atoms with Crippen molar-refractivity contribution in [1.29, 1.82) is 5.26 Å². The molecular formula is C32H41N14O2+. The summed E-state index contributed by atoms with van der Waals surface area (Å²) in [5, 5.41) is 32.8. The summed E-state index contributed by atoms with van der Waals surface area (Å²) in [6, 6.07) is 6.22. The minimum Gasteiger partial charge on any atom is -0.383 e. The number of azo groups is 1. The standard InChI is InChI=1S/C32H40N14O2/c1-9-24-22(12-33)27(45-46(24)32-38-23-13-34-16-35-28(23)42-32)44-43-26-29(36-20(5)14-47-7)40-31(41-30(26)37-21(6)15-48-8)39-25-18(3)10-17(2)11-19(25)4/h10-11,13,16,20-21H,9,14-15H2,1-8H3,(H4,34,35,36,37,38,39,40,41,42,44,45)/p+1. The Morgan fingerprint density at radius 3 is 2.19 bits per heavy atom. The van der Waals surface area contributed by atoms with Gasteiger partial charge in [0.05, 0.1) is 19.4 Å². The summed E-state index contributed by atoms with van der Waals surface area (Å²) in [6.45, 7) is 12.9. The van der Waals surface area contributed by atoms with Crippen molar-refractivity contribution < 1.29 is 14.2 Å². The highest BCUT2D eigenvalue weighted by Gasteiger charge is 2.26. The fourth-order valence-electron chi connectivity index (χ4n) is 5.48. The van der Waals surface area contributed by atoms with E-state index in [2.05, 4.69) is 76.3 Å². The zero-order valence-corrected chi connectivity index (χ0v) is 28.4. The number of ether oxygens (including phenoxy) is 2. The summed E-state index contributed by atoms with van der Waals surface area (Å²) in [6.07, 6.45) is 3.58. The number of hydrogen-bond acceptors (Lipinski definition) is 13. The second-order valence-corrected chi connectivity index (χ2v) is 11.6. The van der Waals surface area contributed by atoms with Crippen LogP contribution in [0, 0.1) is 32.1 Å². The number of nitrogens with zero attached hydrogens (tertiary/aromatic N) is 9. The van der Waals surface area contributed by atoms with Gasteiger partial charge < -0.3 is 25.4 Å². The van der Waals surface area contributed by atoms with E-state index < -0.39 is 0 Å². The molecule has 16 nitrogen and oxygen atoms in total. The van der Waals surface area contributed by atoms with Gasteiger partial charge in [0.25, 0.3) is 5.65 Å². The quantitative estimate of drug-likeness (QED) is 0.0782. The number of hydrogen-bond donors (Lipinski definition) is 5. The lowest BCUT2D eigenvalue weighted by atomic mass is 10.1. The molecule has 0 aliphatic rings. The average molecular weight is 654 g/mol. The Morgan fingerprint density at radius 1 is 0.979 bits per heavy atom. The lowest BCUT2D eigenvalue weighted by Crippen LogP contribution is -2.38. The Bertz CT molecular complexity index is 1880. The van der Waals surface area contributed by atoms with Crippen LogP contribution in [-0.4, -0.2) is 74.5 Å². The fourth-order valence-corrected chi connectivity index (χ4v) is 5.48. The van der Waals surface area contributed by atoms with Gasteiger partial charge >= 0.3 is 5.95 Å². The Morgan fingerprint density at radius 2 is 1.62 bits per heavy atom. The van der Waals surface area contributed by atoms with E-state index in [1.54, 1.807) is 25.1 Å². The van der Waals surface area contributed by atoms with Crippen LogP contribution < -0.4 is 20.6 Å². The van der Waals surface area contributed by atoms with Crippen LogP contribution in [-0.2, 0) is 15.9 Å². The highest BCUT2D eigenvalue weighted by molar-refractivity contribution is 5.77. The molecule has 0 radical (unpaired) electrons. The second kappa shape index (κ2) is 14.9. The first-order valence-corrected chi connectivity index (χ1v) is 15.6. The predicted octanol–water partition coefficient (Wildman–Crippen LogP) is 5.16. The van der Waals surface area contributed by atoms with Crippen molar-refractivity contribution in [2.45, 2.75) is 60.0 Å². The maximum Gasteiger partial charge on any atom is 0.421 e. The summed E-state index contributed by atoms with van der Waals surface area (Å²) in [5.41, 5.74) is 6.69. The highest BCUT2D eigenvalue weighted by atomic mass is 16.5. The number of benzene rings is 1. The van der Waals surface area contributed by atoms with Crippen molar-refractivity contribution in [1.82, 2.24) is 35.0 Å². The Balaban J connectivity index is 1.63. The van der Waals surface area contributed by atoms with Gasteiger partial charge in [-0.25, -0.2) is 15.1 Å². The third kappa shape index (κ3) is 7.37. The van der Waals surface area contributed by atoms with Gasteiger partial charge in [-0.15, -0.1) is 14.9 Å². The molecule has 0 saturated heterocycles. The monoisotopic (exact) mass is 653 g/mol. The molecule has 0 bridgehead atoms. The summed E-state index contributed by atoms with van der Waals surface area (Å²) >= 11 is 0. The Hall–Kier alpha value is -5.53. The van der Waals surface area contributed by atoms with Crippen LogP contribution >= 0.6 is 0 Å². The number of fused-ring (bicyclic) bond motifs is 1. The van der Waals surface area contributed by atoms with Crippen molar-refractivity contribution in [2.75, 3.05) is 43.4 Å². The fraction of sp³-hybridized carbons (Fsp3) is 0.406. The van der Waals surface area contributed by atoms with E-state index in [4.69, 9.17) is 19.4 Å². The molecule has 2 atom stereocenters. The second-order valence-electron chi connectivity index (χ2n) is 11.6. The van der Waals surface area contributed by atoms with Gasteiger partial charge in [0.15, 0.2) is 28.7 Å². The van der Waals surface area contributed by atoms with E-state index in [1.807, 2.05) is 34.6 Å². The van der Waals surface area contributed by atoms with Crippen molar-refractivity contribution in [3.8, 4) is 12.0 Å². The van der Waals surface area contributed by atoms with Crippen LogP contribution in [0.4, 0.5) is 34.8 Å². The number of nitrogens with one attached hydrogen (secondary N) is 5. The van der Waals surface area contributed by atoms with E-state index in [0.717, 1.165) is 16.8 Å². The lowest BCUT2D eigenvalue weighted by molar-refractivity contribution is -0.668. The average Bonchev–Trinajstić information content (AvgIpc) is 3.63. The van der Waals surface area contributed by atoms with Gasteiger partial charge in [-0.1, -0.05) is 24.6 Å². The molecular weight excluding hydrogens is 612 g/mol. The van der Waals surface area contributed by atoms with Gasteiger partial charge in [-0.2, -0.15) is 20.2 Å². The molecule has 1 aromatic carbocycles. The summed E-state index contributed by atoms with van der Waals surface area (Å²) in [5.74, 6) is 1.87. The maximum absolute atomic E-state index is 10.2. The van der Waals surface area contributed by atoms with Crippen molar-refractivity contribution >= 4 is 45.9 Å². The predicted molar refractivity (Wildman–Crippen MR) is 182 cm³/mol. The van der Waals surface area contributed by atoms with E-state index in [-0.39, 0.29) is 17.9 Å². The number of methoxy groups -OCH3 is 2. The minimum absolute atomic E-state index is 0.135. The van der Waals surface area contributed by atoms with Crippen LogP contribution in [0.25, 0.3) is 17.1 Å². The first-order chi connectivity index (χ1) is 23.1. The molecule has 0 aliphatic carbocycles. The number of aryl methyl sites for hydroxylation is 3. The summed E-state index contributed by atoms with van der Waals surface area (Å²) < 4.78 is 12.5. The van der Waals surface area contributed by atoms with Crippen LogP contribution in [0.3, 0.4) is 0 Å². The number of rotatable bonds is 14. The molecule has 2 unspecified atom stereocenters. The molecule has 4 heterocycles.